The van der Waals surface area contributed by atoms with Gasteiger partial charge in [-0.2, -0.15) is 5.10 Å². The minimum atomic E-state index is -0.349. The summed E-state index contributed by atoms with van der Waals surface area (Å²) in [6, 6.07) is 13.2. The van der Waals surface area contributed by atoms with Gasteiger partial charge in [-0.3, -0.25) is 9.48 Å². The van der Waals surface area contributed by atoms with E-state index in [0.717, 1.165) is 11.3 Å². The first-order valence-electron chi connectivity index (χ1n) is 7.80. The van der Waals surface area contributed by atoms with E-state index in [0.29, 0.717) is 28.5 Å². The molecule has 0 bridgehead atoms. The highest BCUT2D eigenvalue weighted by molar-refractivity contribution is 6.31. The summed E-state index contributed by atoms with van der Waals surface area (Å²) in [5.74, 6) is -0.620. The van der Waals surface area contributed by atoms with Crippen molar-refractivity contribution in [1.29, 1.82) is 0 Å². The van der Waals surface area contributed by atoms with Crippen molar-refractivity contribution in [3.8, 4) is 0 Å². The number of aromatic nitrogens is 2. The lowest BCUT2D eigenvalue weighted by molar-refractivity contribution is 0.102. The number of hydrogen-bond donors (Lipinski definition) is 1. The summed E-state index contributed by atoms with van der Waals surface area (Å²) in [7, 11) is 0. The zero-order valence-electron chi connectivity index (χ0n) is 13.9. The first-order valence-corrected chi connectivity index (χ1v) is 8.18. The van der Waals surface area contributed by atoms with Gasteiger partial charge in [-0.15, -0.1) is 0 Å². The van der Waals surface area contributed by atoms with Gasteiger partial charge in [-0.05, 0) is 49.7 Å². The monoisotopic (exact) mass is 357 g/mol. The minimum Gasteiger partial charge on any atom is -0.322 e. The Hall–Kier alpha value is -2.66. The van der Waals surface area contributed by atoms with Crippen LogP contribution in [0.1, 0.15) is 27.3 Å². The van der Waals surface area contributed by atoms with E-state index in [1.54, 1.807) is 11.6 Å². The Bertz CT molecular complexity index is 919. The fourth-order valence-electron chi connectivity index (χ4n) is 2.69. The van der Waals surface area contributed by atoms with Gasteiger partial charge in [0.15, 0.2) is 0 Å². The van der Waals surface area contributed by atoms with Gasteiger partial charge in [-0.1, -0.05) is 29.8 Å². The highest BCUT2D eigenvalue weighted by Crippen LogP contribution is 2.20. The van der Waals surface area contributed by atoms with Gasteiger partial charge in [-0.25, -0.2) is 4.39 Å². The Balaban J connectivity index is 1.85. The maximum absolute atomic E-state index is 13.0. The molecular formula is C19H17ClFN3O. The Morgan fingerprint density at radius 2 is 1.84 bits per heavy atom. The molecule has 0 aliphatic rings. The summed E-state index contributed by atoms with van der Waals surface area (Å²) in [4.78, 5) is 12.6. The van der Waals surface area contributed by atoms with Crippen molar-refractivity contribution in [2.24, 2.45) is 0 Å². The largest absolute Gasteiger partial charge is 0.322 e. The van der Waals surface area contributed by atoms with Gasteiger partial charge in [0.05, 0.1) is 17.8 Å². The van der Waals surface area contributed by atoms with E-state index in [4.69, 9.17) is 11.6 Å². The van der Waals surface area contributed by atoms with Gasteiger partial charge in [0.25, 0.3) is 5.91 Å². The van der Waals surface area contributed by atoms with Gasteiger partial charge >= 0.3 is 0 Å². The molecule has 128 valence electrons. The Morgan fingerprint density at radius 3 is 2.52 bits per heavy atom. The number of amides is 1. The molecule has 0 radical (unpaired) electrons. The van der Waals surface area contributed by atoms with Gasteiger partial charge in [0.1, 0.15) is 5.82 Å². The first-order chi connectivity index (χ1) is 12.0. The normalized spacial score (nSPS) is 10.7. The third-order valence-electron chi connectivity index (χ3n) is 3.99. The van der Waals surface area contributed by atoms with Crippen LogP contribution in [0, 0.1) is 19.7 Å². The molecule has 1 N–H and O–H groups in total. The first kappa shape index (κ1) is 17.2. The number of benzene rings is 2. The van der Waals surface area contributed by atoms with E-state index in [2.05, 4.69) is 10.4 Å². The van der Waals surface area contributed by atoms with Crippen LogP contribution in [0.2, 0.25) is 5.02 Å². The van der Waals surface area contributed by atoms with Crippen molar-refractivity contribution in [3.63, 3.8) is 0 Å². The highest BCUT2D eigenvalue weighted by Gasteiger charge is 2.19. The van der Waals surface area contributed by atoms with Crippen molar-refractivity contribution in [2.45, 2.75) is 20.4 Å². The Kier molecular flexibility index (Phi) is 4.86. The third kappa shape index (κ3) is 3.72. The van der Waals surface area contributed by atoms with Crippen LogP contribution in [0.4, 0.5) is 10.1 Å². The molecule has 2 aromatic carbocycles. The average Bonchev–Trinajstić information content (AvgIpc) is 2.86. The Labute approximate surface area is 150 Å². The zero-order valence-corrected chi connectivity index (χ0v) is 14.6. The molecule has 0 saturated heterocycles. The van der Waals surface area contributed by atoms with Crippen LogP contribution in [0.15, 0.2) is 48.5 Å². The van der Waals surface area contributed by atoms with Crippen LogP contribution in [0.5, 0.6) is 0 Å². The fourth-order valence-corrected chi connectivity index (χ4v) is 2.89. The van der Waals surface area contributed by atoms with Crippen LogP contribution in [0.3, 0.4) is 0 Å². The van der Waals surface area contributed by atoms with E-state index in [-0.39, 0.29) is 11.7 Å². The van der Waals surface area contributed by atoms with Crippen LogP contribution in [-0.2, 0) is 6.54 Å². The molecule has 0 fully saturated rings. The number of carbonyl (C=O) groups is 1. The van der Waals surface area contributed by atoms with E-state index in [9.17, 15) is 9.18 Å². The molecule has 1 amide bonds. The maximum atomic E-state index is 13.0. The van der Waals surface area contributed by atoms with Crippen LogP contribution < -0.4 is 5.32 Å². The van der Waals surface area contributed by atoms with Crippen molar-refractivity contribution in [2.75, 3.05) is 5.32 Å². The Morgan fingerprint density at radius 1 is 1.16 bits per heavy atom. The predicted molar refractivity (Wildman–Crippen MR) is 96.6 cm³/mol. The topological polar surface area (TPSA) is 46.9 Å². The molecule has 0 spiro atoms. The number of aryl methyl sites for hydroxylation is 1. The van der Waals surface area contributed by atoms with Gasteiger partial charge in [0, 0.05) is 16.4 Å². The second-order valence-corrected chi connectivity index (χ2v) is 6.16. The number of halogens is 2. The number of rotatable bonds is 4. The molecule has 0 aliphatic carbocycles. The standard InChI is InChI=1S/C19H17ClFN3O/c1-12-18(19(25)22-16-9-7-15(21)8-10-16)13(2)24(23-12)11-14-5-3-4-6-17(14)20/h3-10H,11H2,1-2H3,(H,22,25). The molecule has 0 aliphatic heterocycles. The lowest BCUT2D eigenvalue weighted by atomic mass is 10.1. The van der Waals surface area contributed by atoms with Crippen molar-refractivity contribution < 1.29 is 9.18 Å². The molecule has 3 rings (SSSR count). The average molecular weight is 358 g/mol. The third-order valence-corrected chi connectivity index (χ3v) is 4.36. The molecular weight excluding hydrogens is 341 g/mol. The minimum absolute atomic E-state index is 0.271. The molecule has 6 heteroatoms. The zero-order chi connectivity index (χ0) is 18.0. The van der Waals surface area contributed by atoms with Crippen molar-refractivity contribution in [1.82, 2.24) is 9.78 Å². The lowest BCUT2D eigenvalue weighted by Crippen LogP contribution is -2.14. The van der Waals surface area contributed by atoms with E-state index >= 15 is 0 Å². The summed E-state index contributed by atoms with van der Waals surface area (Å²) < 4.78 is 14.7. The number of hydrogen-bond acceptors (Lipinski definition) is 2. The SMILES string of the molecule is Cc1nn(Cc2ccccc2Cl)c(C)c1C(=O)Nc1ccc(F)cc1. The van der Waals surface area contributed by atoms with Crippen LogP contribution in [-0.4, -0.2) is 15.7 Å². The summed E-state index contributed by atoms with van der Waals surface area (Å²) in [5, 5.41) is 7.89. The molecule has 1 aromatic heterocycles. The summed E-state index contributed by atoms with van der Waals surface area (Å²) in [6.07, 6.45) is 0. The quantitative estimate of drug-likeness (QED) is 0.742. The number of nitrogens with one attached hydrogen (secondary N) is 1. The van der Waals surface area contributed by atoms with Crippen molar-refractivity contribution in [3.05, 3.63) is 81.9 Å². The van der Waals surface area contributed by atoms with E-state index in [1.165, 1.54) is 24.3 Å². The number of nitrogens with zero attached hydrogens (tertiary/aromatic N) is 2. The highest BCUT2D eigenvalue weighted by atomic mass is 35.5. The molecule has 3 aromatic rings. The van der Waals surface area contributed by atoms with Crippen LogP contribution >= 0.6 is 11.6 Å². The lowest BCUT2D eigenvalue weighted by Gasteiger charge is -2.08. The number of carbonyl (C=O) groups excluding carboxylic acids is 1. The van der Waals surface area contributed by atoms with E-state index < -0.39 is 0 Å². The molecule has 4 nitrogen and oxygen atoms in total. The second kappa shape index (κ2) is 7.07. The molecule has 1 heterocycles. The molecule has 0 unspecified atom stereocenters. The summed E-state index contributed by atoms with van der Waals surface area (Å²) in [6.45, 7) is 4.11. The van der Waals surface area contributed by atoms with E-state index in [1.807, 2.05) is 31.2 Å². The predicted octanol–water partition coefficient (Wildman–Crippen LogP) is 4.59. The van der Waals surface area contributed by atoms with Crippen LogP contribution in [0.25, 0.3) is 0 Å². The van der Waals surface area contributed by atoms with Gasteiger partial charge < -0.3 is 5.32 Å². The smallest absolute Gasteiger partial charge is 0.259 e. The summed E-state index contributed by atoms with van der Waals surface area (Å²) in [5.41, 5.74) is 3.35. The molecule has 0 saturated carbocycles. The molecule has 0 atom stereocenters. The van der Waals surface area contributed by atoms with Crippen molar-refractivity contribution >= 4 is 23.2 Å². The summed E-state index contributed by atoms with van der Waals surface area (Å²) >= 11 is 6.20. The van der Waals surface area contributed by atoms with Gasteiger partial charge in [0.2, 0.25) is 0 Å². The fraction of sp³-hybridized carbons (Fsp3) is 0.158. The number of anilines is 1. The molecule has 25 heavy (non-hydrogen) atoms. The maximum Gasteiger partial charge on any atom is 0.259 e. The second-order valence-electron chi connectivity index (χ2n) is 5.76.